The number of fused-ring (bicyclic) bond motifs is 2. The van der Waals surface area contributed by atoms with E-state index in [9.17, 15) is 4.79 Å². The predicted octanol–water partition coefficient (Wildman–Crippen LogP) is 5.86. The number of rotatable bonds is 6. The van der Waals surface area contributed by atoms with E-state index in [4.69, 9.17) is 13.6 Å². The summed E-state index contributed by atoms with van der Waals surface area (Å²) in [4.78, 5) is 11.5. The van der Waals surface area contributed by atoms with E-state index in [2.05, 4.69) is 39.8 Å². The first-order chi connectivity index (χ1) is 12.4. The van der Waals surface area contributed by atoms with E-state index < -0.39 is 5.63 Å². The zero-order chi connectivity index (χ0) is 18.7. The minimum absolute atomic E-state index is 0.390. The van der Waals surface area contributed by atoms with Gasteiger partial charge in [0.15, 0.2) is 0 Å². The van der Waals surface area contributed by atoms with E-state index in [1.807, 2.05) is 6.07 Å². The molecule has 2 heterocycles. The van der Waals surface area contributed by atoms with Crippen LogP contribution in [0.25, 0.3) is 21.9 Å². The van der Waals surface area contributed by atoms with Gasteiger partial charge in [0.2, 0.25) is 0 Å². The average molecular weight is 352 g/mol. The highest BCUT2D eigenvalue weighted by Crippen LogP contribution is 2.35. The Hall–Kier alpha value is -2.75. The van der Waals surface area contributed by atoms with Crippen molar-refractivity contribution in [1.82, 2.24) is 0 Å². The summed E-state index contributed by atoms with van der Waals surface area (Å²) in [6, 6.07) is 6.73. The van der Waals surface area contributed by atoms with Crippen LogP contribution in [0.1, 0.15) is 34.1 Å². The zero-order valence-corrected chi connectivity index (χ0v) is 15.7. The first kappa shape index (κ1) is 18.1. The summed E-state index contributed by atoms with van der Waals surface area (Å²) < 4.78 is 16.8. The van der Waals surface area contributed by atoms with Crippen LogP contribution in [0.2, 0.25) is 0 Å². The molecule has 0 aliphatic rings. The lowest BCUT2D eigenvalue weighted by Crippen LogP contribution is -2.00. The summed E-state index contributed by atoms with van der Waals surface area (Å²) in [5, 5.41) is 1.64. The molecular formula is C22H24O4. The van der Waals surface area contributed by atoms with Crippen LogP contribution < -0.4 is 10.4 Å². The molecule has 0 fully saturated rings. The van der Waals surface area contributed by atoms with Crippen molar-refractivity contribution in [2.45, 2.75) is 34.1 Å². The Morgan fingerprint density at radius 1 is 1.15 bits per heavy atom. The fourth-order valence-electron chi connectivity index (χ4n) is 3.25. The number of ether oxygens (including phenoxy) is 1. The lowest BCUT2D eigenvalue weighted by Gasteiger charge is -2.10. The highest BCUT2D eigenvalue weighted by atomic mass is 16.5. The fourth-order valence-corrected chi connectivity index (χ4v) is 3.25. The Kier molecular flexibility index (Phi) is 5.31. The van der Waals surface area contributed by atoms with Crippen molar-refractivity contribution in [2.24, 2.45) is 5.92 Å². The Labute approximate surface area is 152 Å². The van der Waals surface area contributed by atoms with Crippen molar-refractivity contribution in [2.75, 3.05) is 6.61 Å². The van der Waals surface area contributed by atoms with Gasteiger partial charge >= 0.3 is 5.63 Å². The maximum atomic E-state index is 11.5. The van der Waals surface area contributed by atoms with Gasteiger partial charge in [-0.25, -0.2) is 4.79 Å². The van der Waals surface area contributed by atoms with Gasteiger partial charge in [-0.2, -0.15) is 0 Å². The summed E-state index contributed by atoms with van der Waals surface area (Å²) in [5.74, 6) is 1.18. The molecule has 0 aliphatic heterocycles. The van der Waals surface area contributed by atoms with E-state index in [0.717, 1.165) is 17.2 Å². The summed E-state index contributed by atoms with van der Waals surface area (Å²) in [6.45, 7) is 9.02. The maximum absolute atomic E-state index is 11.5. The van der Waals surface area contributed by atoms with Gasteiger partial charge in [-0.05, 0) is 51.3 Å². The molecule has 3 rings (SSSR count). The lowest BCUT2D eigenvalue weighted by molar-refractivity contribution is 0.369. The number of furan rings is 1. The van der Waals surface area contributed by atoms with Crippen LogP contribution in [0, 0.1) is 5.92 Å². The molecule has 0 radical (unpaired) electrons. The first-order valence-corrected chi connectivity index (χ1v) is 8.81. The molecule has 1 atom stereocenters. The number of hydrogen-bond donors (Lipinski definition) is 0. The Balaban J connectivity index is 1.83. The maximum Gasteiger partial charge on any atom is 0.336 e. The summed E-state index contributed by atoms with van der Waals surface area (Å²) in [5.41, 5.74) is 3.33. The van der Waals surface area contributed by atoms with Gasteiger partial charge in [0.25, 0.3) is 0 Å². The number of hydrogen-bond acceptors (Lipinski definition) is 4. The Bertz CT molecular complexity index is 1030. The molecule has 0 saturated heterocycles. The van der Waals surface area contributed by atoms with Crippen LogP contribution in [0.15, 0.2) is 67.5 Å². The largest absolute Gasteiger partial charge is 0.488 e. The van der Waals surface area contributed by atoms with Gasteiger partial charge in [-0.1, -0.05) is 24.1 Å². The summed E-state index contributed by atoms with van der Waals surface area (Å²) in [7, 11) is 0. The minimum atomic E-state index is -0.390. The monoisotopic (exact) mass is 352 g/mol. The number of benzene rings is 1. The van der Waals surface area contributed by atoms with Crippen molar-refractivity contribution in [3.05, 3.63) is 64.2 Å². The fraction of sp³-hybridized carbons (Fsp3) is 0.318. The van der Waals surface area contributed by atoms with Crippen LogP contribution in [0.3, 0.4) is 0 Å². The highest BCUT2D eigenvalue weighted by Gasteiger charge is 2.13. The van der Waals surface area contributed by atoms with Crippen LogP contribution in [-0.2, 0) is 0 Å². The van der Waals surface area contributed by atoms with Crippen LogP contribution >= 0.6 is 0 Å². The number of allylic oxidation sites excluding steroid dienone is 3. The van der Waals surface area contributed by atoms with Gasteiger partial charge < -0.3 is 13.6 Å². The second-order valence-electron chi connectivity index (χ2n) is 6.99. The van der Waals surface area contributed by atoms with Gasteiger partial charge in [-0.15, -0.1) is 0 Å². The Morgan fingerprint density at radius 2 is 1.92 bits per heavy atom. The van der Waals surface area contributed by atoms with Gasteiger partial charge in [0.1, 0.15) is 23.5 Å². The average Bonchev–Trinajstić information content (AvgIpc) is 3.01. The Morgan fingerprint density at radius 3 is 2.69 bits per heavy atom. The smallest absolute Gasteiger partial charge is 0.336 e. The topological polar surface area (TPSA) is 52.6 Å². The third-order valence-electron chi connectivity index (χ3n) is 4.23. The lowest BCUT2D eigenvalue weighted by atomic mass is 10.00. The standard InChI is InChI=1S/C22H24O4/c1-14(2)11-16(4)12-15(3)7-9-25-22-17-5-6-21(23)26-20(17)13-19-18(22)8-10-24-19/h5-8,10-11,13,16H,9,12H2,1-4H3. The molecule has 0 amide bonds. The SMILES string of the molecule is CC(C)=CC(C)CC(C)=CCOc1c2ccoc2cc2oc(=O)ccc12. The summed E-state index contributed by atoms with van der Waals surface area (Å²) in [6.07, 6.45) is 6.98. The molecule has 0 bridgehead atoms. The second-order valence-corrected chi connectivity index (χ2v) is 6.99. The van der Waals surface area contributed by atoms with Gasteiger partial charge in [0.05, 0.1) is 17.0 Å². The molecule has 0 aliphatic carbocycles. The van der Waals surface area contributed by atoms with Crippen LogP contribution in [0.4, 0.5) is 0 Å². The van der Waals surface area contributed by atoms with E-state index in [0.29, 0.717) is 29.4 Å². The van der Waals surface area contributed by atoms with Crippen molar-refractivity contribution in [3.63, 3.8) is 0 Å². The molecule has 0 saturated carbocycles. The molecule has 4 heteroatoms. The summed E-state index contributed by atoms with van der Waals surface area (Å²) >= 11 is 0. The highest BCUT2D eigenvalue weighted by molar-refractivity contribution is 6.01. The zero-order valence-electron chi connectivity index (χ0n) is 15.7. The molecule has 26 heavy (non-hydrogen) atoms. The van der Waals surface area contributed by atoms with Crippen molar-refractivity contribution in [1.29, 1.82) is 0 Å². The van der Waals surface area contributed by atoms with Crippen LogP contribution in [0.5, 0.6) is 5.75 Å². The minimum Gasteiger partial charge on any atom is -0.488 e. The quantitative estimate of drug-likeness (QED) is 0.412. The normalized spacial score (nSPS) is 13.2. The van der Waals surface area contributed by atoms with Crippen molar-refractivity contribution < 1.29 is 13.6 Å². The second kappa shape index (κ2) is 7.65. The van der Waals surface area contributed by atoms with Crippen molar-refractivity contribution >= 4 is 21.9 Å². The third-order valence-corrected chi connectivity index (χ3v) is 4.23. The van der Waals surface area contributed by atoms with E-state index >= 15 is 0 Å². The third kappa shape index (κ3) is 4.07. The molecule has 3 aromatic rings. The predicted molar refractivity (Wildman–Crippen MR) is 105 cm³/mol. The van der Waals surface area contributed by atoms with Gasteiger partial charge in [-0.3, -0.25) is 0 Å². The van der Waals surface area contributed by atoms with Crippen molar-refractivity contribution in [3.8, 4) is 5.75 Å². The van der Waals surface area contributed by atoms with Gasteiger partial charge in [0, 0.05) is 12.1 Å². The van der Waals surface area contributed by atoms with E-state index in [-0.39, 0.29) is 0 Å². The molecule has 136 valence electrons. The molecule has 0 spiro atoms. The van der Waals surface area contributed by atoms with Crippen LogP contribution in [-0.4, -0.2) is 6.61 Å². The first-order valence-electron chi connectivity index (χ1n) is 8.81. The molecule has 1 aromatic carbocycles. The molecule has 1 unspecified atom stereocenters. The molecular weight excluding hydrogens is 328 g/mol. The molecule has 4 nitrogen and oxygen atoms in total. The van der Waals surface area contributed by atoms with E-state index in [1.165, 1.54) is 17.2 Å². The molecule has 2 aromatic heterocycles. The molecule has 0 N–H and O–H groups in total. The van der Waals surface area contributed by atoms with E-state index in [1.54, 1.807) is 18.4 Å².